The SMILES string of the molecule is CCc1n[nH]c(=S)n1NCc1cc(Cl)cc(OC)c1OCc1ccccc1. The van der Waals surface area contributed by atoms with E-state index in [2.05, 4.69) is 15.6 Å². The quantitative estimate of drug-likeness (QED) is 0.541. The Labute approximate surface area is 168 Å². The van der Waals surface area contributed by atoms with E-state index in [1.165, 1.54) is 0 Å². The molecule has 0 fully saturated rings. The number of methoxy groups -OCH3 is 1. The van der Waals surface area contributed by atoms with Crippen LogP contribution in [-0.4, -0.2) is 22.0 Å². The Kier molecular flexibility index (Phi) is 6.36. The predicted octanol–water partition coefficient (Wildman–Crippen LogP) is 4.49. The molecule has 0 saturated carbocycles. The zero-order valence-corrected chi connectivity index (χ0v) is 16.7. The van der Waals surface area contributed by atoms with Gasteiger partial charge in [0.1, 0.15) is 6.61 Å². The highest BCUT2D eigenvalue weighted by molar-refractivity contribution is 7.71. The molecule has 0 radical (unpaired) electrons. The molecule has 1 aromatic heterocycles. The fourth-order valence-electron chi connectivity index (χ4n) is 2.69. The van der Waals surface area contributed by atoms with Gasteiger partial charge in [-0.15, -0.1) is 0 Å². The second-order valence-corrected chi connectivity index (χ2v) is 6.66. The molecule has 0 aliphatic heterocycles. The van der Waals surface area contributed by atoms with Crippen molar-refractivity contribution < 1.29 is 9.47 Å². The van der Waals surface area contributed by atoms with Crippen molar-refractivity contribution in [3.8, 4) is 11.5 Å². The van der Waals surface area contributed by atoms with Crippen LogP contribution in [0.15, 0.2) is 42.5 Å². The minimum Gasteiger partial charge on any atom is -0.493 e. The van der Waals surface area contributed by atoms with Gasteiger partial charge < -0.3 is 14.9 Å². The van der Waals surface area contributed by atoms with Crippen molar-refractivity contribution in [3.63, 3.8) is 0 Å². The summed E-state index contributed by atoms with van der Waals surface area (Å²) in [7, 11) is 1.60. The van der Waals surface area contributed by atoms with Gasteiger partial charge in [-0.05, 0) is 23.8 Å². The van der Waals surface area contributed by atoms with Gasteiger partial charge in [0.2, 0.25) is 4.77 Å². The van der Waals surface area contributed by atoms with Crippen LogP contribution in [0.5, 0.6) is 11.5 Å². The second-order valence-electron chi connectivity index (χ2n) is 5.84. The summed E-state index contributed by atoms with van der Waals surface area (Å²) < 4.78 is 13.8. The molecule has 8 heteroatoms. The largest absolute Gasteiger partial charge is 0.493 e. The van der Waals surface area contributed by atoms with E-state index >= 15 is 0 Å². The Hall–Kier alpha value is -2.51. The van der Waals surface area contributed by atoms with Crippen molar-refractivity contribution >= 4 is 23.8 Å². The molecule has 2 aromatic carbocycles. The van der Waals surface area contributed by atoms with Crippen LogP contribution in [0.25, 0.3) is 0 Å². The minimum absolute atomic E-state index is 0.428. The first-order valence-corrected chi connectivity index (χ1v) is 9.34. The molecule has 0 aliphatic rings. The molecule has 0 atom stereocenters. The average Bonchev–Trinajstić information content (AvgIpc) is 3.05. The predicted molar refractivity (Wildman–Crippen MR) is 109 cm³/mol. The van der Waals surface area contributed by atoms with Gasteiger partial charge in [-0.2, -0.15) is 5.10 Å². The van der Waals surface area contributed by atoms with Crippen LogP contribution < -0.4 is 14.9 Å². The van der Waals surface area contributed by atoms with E-state index in [0.717, 1.165) is 23.4 Å². The first-order chi connectivity index (χ1) is 13.1. The summed E-state index contributed by atoms with van der Waals surface area (Å²) in [5.74, 6) is 2.05. The highest BCUT2D eigenvalue weighted by Gasteiger charge is 2.14. The number of benzene rings is 2. The van der Waals surface area contributed by atoms with E-state index in [1.807, 2.05) is 43.3 Å². The molecule has 3 aromatic rings. The third kappa shape index (κ3) is 4.61. The number of aromatic nitrogens is 3. The fourth-order valence-corrected chi connectivity index (χ4v) is 3.14. The van der Waals surface area contributed by atoms with Gasteiger partial charge in [0.05, 0.1) is 13.7 Å². The third-order valence-corrected chi connectivity index (χ3v) is 4.52. The monoisotopic (exact) mass is 404 g/mol. The van der Waals surface area contributed by atoms with Crippen LogP contribution in [0.4, 0.5) is 0 Å². The summed E-state index contributed by atoms with van der Waals surface area (Å²) in [4.78, 5) is 0. The Bertz CT molecular complexity index is 956. The number of halogens is 1. The van der Waals surface area contributed by atoms with Gasteiger partial charge in [-0.25, -0.2) is 4.68 Å². The van der Waals surface area contributed by atoms with Crippen LogP contribution in [0, 0.1) is 4.77 Å². The summed E-state index contributed by atoms with van der Waals surface area (Å²) in [6.07, 6.45) is 0.746. The molecule has 6 nitrogen and oxygen atoms in total. The van der Waals surface area contributed by atoms with Gasteiger partial charge in [0.25, 0.3) is 0 Å². The number of rotatable bonds is 8. The topological polar surface area (TPSA) is 64.1 Å². The van der Waals surface area contributed by atoms with Gasteiger partial charge in [-0.3, -0.25) is 5.10 Å². The number of nitrogens with zero attached hydrogens (tertiary/aromatic N) is 2. The lowest BCUT2D eigenvalue weighted by molar-refractivity contribution is 0.281. The number of nitrogens with one attached hydrogen (secondary N) is 2. The van der Waals surface area contributed by atoms with Crippen molar-refractivity contribution in [1.82, 2.24) is 14.9 Å². The van der Waals surface area contributed by atoms with Crippen LogP contribution in [0.2, 0.25) is 5.02 Å². The molecule has 27 heavy (non-hydrogen) atoms. The lowest BCUT2D eigenvalue weighted by atomic mass is 10.1. The zero-order valence-electron chi connectivity index (χ0n) is 15.2. The maximum Gasteiger partial charge on any atom is 0.214 e. The molecular weight excluding hydrogens is 384 g/mol. The highest BCUT2D eigenvalue weighted by Crippen LogP contribution is 2.35. The number of ether oxygens (including phenoxy) is 2. The maximum absolute atomic E-state index is 6.26. The van der Waals surface area contributed by atoms with Crippen LogP contribution in [0.1, 0.15) is 23.9 Å². The molecule has 2 N–H and O–H groups in total. The van der Waals surface area contributed by atoms with Gasteiger partial charge in [0.15, 0.2) is 17.3 Å². The van der Waals surface area contributed by atoms with Crippen molar-refractivity contribution in [2.45, 2.75) is 26.5 Å². The molecule has 0 unspecified atom stereocenters. The molecule has 0 bridgehead atoms. The van der Waals surface area contributed by atoms with Crippen molar-refractivity contribution in [1.29, 1.82) is 0 Å². The average molecular weight is 405 g/mol. The summed E-state index contributed by atoms with van der Waals surface area (Å²) in [5.41, 5.74) is 5.20. The normalized spacial score (nSPS) is 10.6. The molecule has 142 valence electrons. The Morgan fingerprint density at radius 3 is 2.74 bits per heavy atom. The molecule has 0 amide bonds. The molecule has 0 aliphatic carbocycles. The van der Waals surface area contributed by atoms with Crippen LogP contribution >= 0.6 is 23.8 Å². The third-order valence-electron chi connectivity index (χ3n) is 4.03. The molecular formula is C19H21ClN4O2S. The second kappa shape index (κ2) is 8.92. The Balaban J connectivity index is 1.85. The molecule has 1 heterocycles. The van der Waals surface area contributed by atoms with E-state index in [9.17, 15) is 0 Å². The molecule has 3 rings (SSSR count). The van der Waals surface area contributed by atoms with Crippen molar-refractivity contribution in [2.75, 3.05) is 12.5 Å². The zero-order chi connectivity index (χ0) is 19.2. The van der Waals surface area contributed by atoms with E-state index in [-0.39, 0.29) is 0 Å². The van der Waals surface area contributed by atoms with Gasteiger partial charge >= 0.3 is 0 Å². The van der Waals surface area contributed by atoms with E-state index in [4.69, 9.17) is 33.3 Å². The first-order valence-electron chi connectivity index (χ1n) is 8.55. The summed E-state index contributed by atoms with van der Waals surface area (Å²) in [5, 5.41) is 7.56. The summed E-state index contributed by atoms with van der Waals surface area (Å²) in [6, 6.07) is 13.6. The minimum atomic E-state index is 0.428. The smallest absolute Gasteiger partial charge is 0.214 e. The number of aryl methyl sites for hydroxylation is 1. The van der Waals surface area contributed by atoms with Gasteiger partial charge in [0, 0.05) is 23.1 Å². The van der Waals surface area contributed by atoms with Crippen LogP contribution in [0.3, 0.4) is 0 Å². The molecule has 0 spiro atoms. The van der Waals surface area contributed by atoms with Crippen LogP contribution in [-0.2, 0) is 19.6 Å². The standard InChI is InChI=1S/C19H21ClN4O2S/c1-3-17-22-23-19(27)24(17)21-11-14-9-15(20)10-16(25-2)18(14)26-12-13-7-5-4-6-8-13/h4-10,21H,3,11-12H2,1-2H3,(H,23,27). The first kappa shape index (κ1) is 19.3. The Morgan fingerprint density at radius 1 is 1.26 bits per heavy atom. The number of hydrogen-bond donors (Lipinski definition) is 2. The van der Waals surface area contributed by atoms with E-state index in [0.29, 0.717) is 34.4 Å². The number of aromatic amines is 1. The van der Waals surface area contributed by atoms with E-state index in [1.54, 1.807) is 17.9 Å². The highest BCUT2D eigenvalue weighted by atomic mass is 35.5. The van der Waals surface area contributed by atoms with Crippen molar-refractivity contribution in [2.24, 2.45) is 0 Å². The summed E-state index contributed by atoms with van der Waals surface area (Å²) >= 11 is 11.5. The lowest BCUT2D eigenvalue weighted by Crippen LogP contribution is -2.18. The van der Waals surface area contributed by atoms with E-state index < -0.39 is 0 Å². The maximum atomic E-state index is 6.26. The molecule has 0 saturated heterocycles. The number of hydrogen-bond acceptors (Lipinski definition) is 5. The Morgan fingerprint density at radius 2 is 2.04 bits per heavy atom. The van der Waals surface area contributed by atoms with Gasteiger partial charge in [-0.1, -0.05) is 48.9 Å². The lowest BCUT2D eigenvalue weighted by Gasteiger charge is -2.17. The summed E-state index contributed by atoms with van der Waals surface area (Å²) in [6.45, 7) is 2.89. The fraction of sp³-hybridized carbons (Fsp3) is 0.263. The number of H-pyrrole nitrogens is 1. The van der Waals surface area contributed by atoms with Crippen molar-refractivity contribution in [3.05, 3.63) is 69.2 Å².